The van der Waals surface area contributed by atoms with Gasteiger partial charge in [0.15, 0.2) is 0 Å². The normalized spacial score (nSPS) is 10.2. The lowest BCUT2D eigenvalue weighted by atomic mass is 10.4. The molecule has 0 bridgehead atoms. The number of aryl methyl sites for hydroxylation is 1. The molecule has 2 aromatic rings. The number of hydrogen-bond donors (Lipinski definition) is 2. The number of nitrogens with zero attached hydrogens (tertiary/aromatic N) is 3. The lowest BCUT2D eigenvalue weighted by Gasteiger charge is -2.03. The van der Waals surface area contributed by atoms with Gasteiger partial charge >= 0.3 is 0 Å². The first kappa shape index (κ1) is 9.45. The van der Waals surface area contributed by atoms with Gasteiger partial charge in [-0.25, -0.2) is 9.97 Å². The molecule has 2 aromatic heterocycles. The van der Waals surface area contributed by atoms with E-state index in [4.69, 9.17) is 0 Å². The van der Waals surface area contributed by atoms with Crippen LogP contribution in [0.2, 0.25) is 0 Å². The molecule has 0 atom stereocenters. The van der Waals surface area contributed by atoms with E-state index in [2.05, 4.69) is 20.3 Å². The standard InChI is InChI=1S/C9H11N5O/c1-14-3-2-11-8(14)5-12-9(15)7-4-10-6-13-7/h2-4,6H,5H2,1H3,(H,10,13)(H,12,15). The summed E-state index contributed by atoms with van der Waals surface area (Å²) in [7, 11) is 1.88. The minimum Gasteiger partial charge on any atom is -0.343 e. The fourth-order valence-electron chi connectivity index (χ4n) is 1.20. The minimum absolute atomic E-state index is 0.185. The molecule has 0 fully saturated rings. The SMILES string of the molecule is Cn1ccnc1CNC(=O)c1cnc[nH]1. The molecule has 0 aliphatic rings. The fraction of sp³-hybridized carbons (Fsp3) is 0.222. The number of carbonyl (C=O) groups excluding carboxylic acids is 1. The molecule has 0 spiro atoms. The van der Waals surface area contributed by atoms with E-state index in [1.165, 1.54) is 12.5 Å². The molecule has 15 heavy (non-hydrogen) atoms. The van der Waals surface area contributed by atoms with Gasteiger partial charge in [0.05, 0.1) is 19.1 Å². The Balaban J connectivity index is 1.95. The summed E-state index contributed by atoms with van der Waals surface area (Å²) in [6, 6.07) is 0. The van der Waals surface area contributed by atoms with Crippen LogP contribution in [-0.4, -0.2) is 25.4 Å². The second-order valence-corrected chi connectivity index (χ2v) is 3.10. The van der Waals surface area contributed by atoms with Gasteiger partial charge in [0.25, 0.3) is 5.91 Å². The molecule has 1 amide bonds. The molecule has 2 heterocycles. The van der Waals surface area contributed by atoms with Crippen LogP contribution in [0, 0.1) is 0 Å². The van der Waals surface area contributed by atoms with Gasteiger partial charge in [0.2, 0.25) is 0 Å². The fourth-order valence-corrected chi connectivity index (χ4v) is 1.20. The third-order valence-corrected chi connectivity index (χ3v) is 2.07. The van der Waals surface area contributed by atoms with Crippen molar-refractivity contribution in [1.82, 2.24) is 24.8 Å². The van der Waals surface area contributed by atoms with Crippen LogP contribution in [0.4, 0.5) is 0 Å². The van der Waals surface area contributed by atoms with E-state index in [9.17, 15) is 4.79 Å². The van der Waals surface area contributed by atoms with Crippen molar-refractivity contribution >= 4 is 5.91 Å². The van der Waals surface area contributed by atoms with E-state index in [0.29, 0.717) is 12.2 Å². The van der Waals surface area contributed by atoms with Gasteiger partial charge in [-0.05, 0) is 0 Å². The predicted octanol–water partition coefficient (Wildman–Crippen LogP) is 0.0732. The van der Waals surface area contributed by atoms with Crippen molar-refractivity contribution in [2.45, 2.75) is 6.54 Å². The first-order chi connectivity index (χ1) is 7.27. The second-order valence-electron chi connectivity index (χ2n) is 3.10. The van der Waals surface area contributed by atoms with E-state index in [0.717, 1.165) is 5.82 Å². The number of rotatable bonds is 3. The first-order valence-corrected chi connectivity index (χ1v) is 4.50. The quantitative estimate of drug-likeness (QED) is 0.744. The van der Waals surface area contributed by atoms with Crippen LogP contribution in [-0.2, 0) is 13.6 Å². The zero-order chi connectivity index (χ0) is 10.7. The number of nitrogens with one attached hydrogen (secondary N) is 2. The van der Waals surface area contributed by atoms with Crippen LogP contribution in [0.5, 0.6) is 0 Å². The summed E-state index contributed by atoms with van der Waals surface area (Å²) in [4.78, 5) is 22.1. The number of carbonyl (C=O) groups is 1. The molecule has 0 radical (unpaired) electrons. The predicted molar refractivity (Wildman–Crippen MR) is 53.0 cm³/mol. The lowest BCUT2D eigenvalue weighted by Crippen LogP contribution is -2.24. The van der Waals surface area contributed by atoms with Crippen LogP contribution in [0.15, 0.2) is 24.9 Å². The molecule has 0 saturated carbocycles. The summed E-state index contributed by atoms with van der Waals surface area (Å²) in [5, 5.41) is 2.73. The molecule has 2 rings (SSSR count). The Kier molecular flexibility index (Phi) is 2.49. The summed E-state index contributed by atoms with van der Waals surface area (Å²) in [5.74, 6) is 0.623. The number of hydrogen-bond acceptors (Lipinski definition) is 3. The Morgan fingerprint density at radius 1 is 1.67 bits per heavy atom. The number of imidazole rings is 2. The van der Waals surface area contributed by atoms with E-state index in [-0.39, 0.29) is 5.91 Å². The Morgan fingerprint density at radius 2 is 2.53 bits per heavy atom. The van der Waals surface area contributed by atoms with Crippen molar-refractivity contribution in [1.29, 1.82) is 0 Å². The zero-order valence-corrected chi connectivity index (χ0v) is 8.27. The molecule has 0 aliphatic heterocycles. The molecule has 6 heteroatoms. The minimum atomic E-state index is -0.185. The Bertz CT molecular complexity index is 445. The van der Waals surface area contributed by atoms with Gasteiger partial charge in [0.1, 0.15) is 11.5 Å². The molecular weight excluding hydrogens is 194 g/mol. The molecule has 0 saturated heterocycles. The maximum atomic E-state index is 11.5. The maximum absolute atomic E-state index is 11.5. The van der Waals surface area contributed by atoms with Crippen molar-refractivity contribution in [3.63, 3.8) is 0 Å². The smallest absolute Gasteiger partial charge is 0.269 e. The number of H-pyrrole nitrogens is 1. The Hall–Kier alpha value is -2.11. The summed E-state index contributed by atoms with van der Waals surface area (Å²) in [5.41, 5.74) is 0.448. The van der Waals surface area contributed by atoms with Crippen LogP contribution in [0.25, 0.3) is 0 Å². The highest BCUT2D eigenvalue weighted by Gasteiger charge is 2.07. The van der Waals surface area contributed by atoms with Gasteiger partial charge in [-0.15, -0.1) is 0 Å². The molecule has 0 aromatic carbocycles. The average molecular weight is 205 g/mol. The zero-order valence-electron chi connectivity index (χ0n) is 8.27. The summed E-state index contributed by atoms with van der Waals surface area (Å²) >= 11 is 0. The van der Waals surface area contributed by atoms with Gasteiger partial charge in [-0.1, -0.05) is 0 Å². The third-order valence-electron chi connectivity index (χ3n) is 2.07. The Labute approximate surface area is 86.4 Å². The number of aromatic nitrogens is 4. The monoisotopic (exact) mass is 205 g/mol. The Morgan fingerprint density at radius 3 is 3.13 bits per heavy atom. The van der Waals surface area contributed by atoms with Crippen LogP contribution in [0.1, 0.15) is 16.3 Å². The van der Waals surface area contributed by atoms with E-state index in [1.807, 2.05) is 17.8 Å². The average Bonchev–Trinajstić information content (AvgIpc) is 2.85. The summed E-state index contributed by atoms with van der Waals surface area (Å²) in [6.07, 6.45) is 6.47. The number of amides is 1. The van der Waals surface area contributed by atoms with Crippen molar-refractivity contribution in [2.75, 3.05) is 0 Å². The topological polar surface area (TPSA) is 75.6 Å². The lowest BCUT2D eigenvalue weighted by molar-refractivity contribution is 0.0945. The van der Waals surface area contributed by atoms with Gasteiger partial charge in [0, 0.05) is 19.4 Å². The van der Waals surface area contributed by atoms with Crippen LogP contribution < -0.4 is 5.32 Å². The van der Waals surface area contributed by atoms with Gasteiger partial charge in [-0.2, -0.15) is 0 Å². The third kappa shape index (κ3) is 2.04. The molecule has 0 unspecified atom stereocenters. The van der Waals surface area contributed by atoms with Crippen molar-refractivity contribution in [2.24, 2.45) is 7.05 Å². The molecule has 6 nitrogen and oxygen atoms in total. The molecular formula is C9H11N5O. The highest BCUT2D eigenvalue weighted by Crippen LogP contribution is 1.95. The largest absolute Gasteiger partial charge is 0.343 e. The first-order valence-electron chi connectivity index (χ1n) is 4.50. The van der Waals surface area contributed by atoms with E-state index >= 15 is 0 Å². The summed E-state index contributed by atoms with van der Waals surface area (Å²) in [6.45, 7) is 0.404. The van der Waals surface area contributed by atoms with Crippen molar-refractivity contribution in [3.8, 4) is 0 Å². The van der Waals surface area contributed by atoms with E-state index < -0.39 is 0 Å². The highest BCUT2D eigenvalue weighted by atomic mass is 16.1. The molecule has 78 valence electrons. The second kappa shape index (κ2) is 3.95. The van der Waals surface area contributed by atoms with Gasteiger partial charge < -0.3 is 14.9 Å². The van der Waals surface area contributed by atoms with Crippen molar-refractivity contribution < 1.29 is 4.79 Å². The van der Waals surface area contributed by atoms with Gasteiger partial charge in [-0.3, -0.25) is 4.79 Å². The van der Waals surface area contributed by atoms with Crippen molar-refractivity contribution in [3.05, 3.63) is 36.4 Å². The maximum Gasteiger partial charge on any atom is 0.269 e. The van der Waals surface area contributed by atoms with E-state index in [1.54, 1.807) is 6.20 Å². The highest BCUT2D eigenvalue weighted by molar-refractivity contribution is 5.91. The molecule has 0 aliphatic carbocycles. The number of aromatic amines is 1. The van der Waals surface area contributed by atoms with Crippen LogP contribution in [0.3, 0.4) is 0 Å². The van der Waals surface area contributed by atoms with Crippen LogP contribution >= 0.6 is 0 Å². The summed E-state index contributed by atoms with van der Waals surface area (Å²) < 4.78 is 1.85. The molecule has 2 N–H and O–H groups in total.